The van der Waals surface area contributed by atoms with E-state index in [1.807, 2.05) is 16.5 Å². The molecular formula is C17H10ClN5OS2. The summed E-state index contributed by atoms with van der Waals surface area (Å²) in [6.45, 7) is 0. The minimum atomic E-state index is -0.152. The first-order valence-electron chi connectivity index (χ1n) is 7.72. The van der Waals surface area contributed by atoms with E-state index in [0.29, 0.717) is 22.1 Å². The Balaban J connectivity index is 1.51. The number of hydrogen-bond donors (Lipinski definition) is 0. The first kappa shape index (κ1) is 15.8. The fourth-order valence-electron chi connectivity index (χ4n) is 2.79. The van der Waals surface area contributed by atoms with Gasteiger partial charge in [-0.3, -0.25) is 13.6 Å². The molecule has 128 valence electrons. The Morgan fingerprint density at radius 1 is 1.15 bits per heavy atom. The van der Waals surface area contributed by atoms with E-state index in [2.05, 4.69) is 27.3 Å². The fraction of sp³-hybridized carbons (Fsp3) is 0.0588. The summed E-state index contributed by atoms with van der Waals surface area (Å²) < 4.78 is 4.65. The molecule has 0 aliphatic heterocycles. The predicted molar refractivity (Wildman–Crippen MR) is 104 cm³/mol. The van der Waals surface area contributed by atoms with Gasteiger partial charge in [0.2, 0.25) is 4.96 Å². The Labute approximate surface area is 160 Å². The number of nitrogens with zero attached hydrogens (tertiary/aromatic N) is 5. The molecule has 0 atom stereocenters. The van der Waals surface area contributed by atoms with Gasteiger partial charge in [0.25, 0.3) is 5.56 Å². The van der Waals surface area contributed by atoms with E-state index in [4.69, 9.17) is 11.6 Å². The number of benzene rings is 1. The smallest absolute Gasteiger partial charge is 0.258 e. The molecule has 0 spiro atoms. The molecule has 0 N–H and O–H groups in total. The summed E-state index contributed by atoms with van der Waals surface area (Å²) in [4.78, 5) is 17.7. The standard InChI is InChI=1S/C17H10ClN5OS2/c18-10-5-6-14-19-11(7-15(24)22(14)8-10)9-25-16-20-21-17-23(16)12-3-1-2-4-13(12)26-17/h1-8H,9H2. The van der Waals surface area contributed by atoms with Gasteiger partial charge in [-0.05, 0) is 24.3 Å². The van der Waals surface area contributed by atoms with Crippen molar-refractivity contribution in [2.75, 3.05) is 0 Å². The lowest BCUT2D eigenvalue weighted by atomic mass is 10.3. The van der Waals surface area contributed by atoms with Crippen LogP contribution in [-0.4, -0.2) is 24.0 Å². The van der Waals surface area contributed by atoms with Gasteiger partial charge in [-0.25, -0.2) is 4.98 Å². The van der Waals surface area contributed by atoms with Crippen LogP contribution in [0.1, 0.15) is 5.69 Å². The minimum Gasteiger partial charge on any atom is -0.269 e. The Hall–Kier alpha value is -2.42. The lowest BCUT2D eigenvalue weighted by Crippen LogP contribution is -2.15. The number of rotatable bonds is 3. The highest BCUT2D eigenvalue weighted by Gasteiger charge is 2.13. The molecule has 4 aromatic heterocycles. The van der Waals surface area contributed by atoms with Crippen molar-refractivity contribution in [1.29, 1.82) is 0 Å². The van der Waals surface area contributed by atoms with E-state index in [9.17, 15) is 4.79 Å². The zero-order valence-electron chi connectivity index (χ0n) is 13.2. The van der Waals surface area contributed by atoms with Crippen molar-refractivity contribution in [3.63, 3.8) is 0 Å². The topological polar surface area (TPSA) is 64.6 Å². The van der Waals surface area contributed by atoms with Gasteiger partial charge in [0.05, 0.1) is 20.9 Å². The molecule has 26 heavy (non-hydrogen) atoms. The number of aromatic nitrogens is 5. The van der Waals surface area contributed by atoms with Crippen LogP contribution in [-0.2, 0) is 5.75 Å². The first-order chi connectivity index (χ1) is 12.7. The Morgan fingerprint density at radius 3 is 2.96 bits per heavy atom. The molecule has 1 aromatic carbocycles. The summed E-state index contributed by atoms with van der Waals surface area (Å²) in [6, 6.07) is 13.1. The van der Waals surface area contributed by atoms with E-state index in [1.165, 1.54) is 26.9 Å². The number of halogens is 1. The maximum Gasteiger partial charge on any atom is 0.258 e. The molecule has 0 amide bonds. The SMILES string of the molecule is O=c1cc(CSc2nnc3sc4ccccc4n23)nc2ccc(Cl)cn12. The quantitative estimate of drug-likeness (QED) is 0.430. The highest BCUT2D eigenvalue weighted by Crippen LogP contribution is 2.30. The maximum absolute atomic E-state index is 12.3. The van der Waals surface area contributed by atoms with Crippen molar-refractivity contribution in [3.05, 3.63) is 69.7 Å². The second kappa shape index (κ2) is 6.08. The molecule has 0 unspecified atom stereocenters. The van der Waals surface area contributed by atoms with Crippen LogP contribution in [0.15, 0.2) is 58.6 Å². The lowest BCUT2D eigenvalue weighted by molar-refractivity contribution is 0.937. The van der Waals surface area contributed by atoms with Gasteiger partial charge in [-0.1, -0.05) is 46.8 Å². The Morgan fingerprint density at radius 2 is 2.04 bits per heavy atom. The molecule has 6 nitrogen and oxygen atoms in total. The largest absolute Gasteiger partial charge is 0.269 e. The second-order valence-corrected chi connectivity index (χ2v) is 8.01. The van der Waals surface area contributed by atoms with Crippen LogP contribution in [0, 0.1) is 0 Å². The molecule has 0 fully saturated rings. The molecule has 9 heteroatoms. The summed E-state index contributed by atoms with van der Waals surface area (Å²) in [6.07, 6.45) is 1.57. The summed E-state index contributed by atoms with van der Waals surface area (Å²) in [5, 5.41) is 9.82. The normalized spacial score (nSPS) is 11.7. The monoisotopic (exact) mass is 399 g/mol. The number of fused-ring (bicyclic) bond motifs is 4. The maximum atomic E-state index is 12.3. The molecule has 5 rings (SSSR count). The molecule has 0 aliphatic carbocycles. The molecule has 0 bridgehead atoms. The molecule has 5 aromatic rings. The molecule has 0 aliphatic rings. The van der Waals surface area contributed by atoms with Gasteiger partial charge in [-0.15, -0.1) is 10.2 Å². The fourth-order valence-corrected chi connectivity index (χ4v) is 4.81. The lowest BCUT2D eigenvalue weighted by Gasteiger charge is -2.04. The first-order valence-corrected chi connectivity index (χ1v) is 9.90. The molecule has 0 saturated heterocycles. The average Bonchev–Trinajstić information content (AvgIpc) is 3.20. The van der Waals surface area contributed by atoms with Gasteiger partial charge in [0.1, 0.15) is 5.65 Å². The van der Waals surface area contributed by atoms with E-state index < -0.39 is 0 Å². The van der Waals surface area contributed by atoms with E-state index in [1.54, 1.807) is 29.7 Å². The number of pyridine rings is 1. The van der Waals surface area contributed by atoms with Gasteiger partial charge >= 0.3 is 0 Å². The van der Waals surface area contributed by atoms with Crippen LogP contribution in [0.4, 0.5) is 0 Å². The van der Waals surface area contributed by atoms with Crippen LogP contribution < -0.4 is 5.56 Å². The zero-order valence-corrected chi connectivity index (χ0v) is 15.6. The molecule has 0 radical (unpaired) electrons. The van der Waals surface area contributed by atoms with Gasteiger partial charge in [0, 0.05) is 18.0 Å². The predicted octanol–water partition coefficient (Wildman–Crippen LogP) is 3.90. The third-order valence-corrected chi connectivity index (χ3v) is 6.13. The van der Waals surface area contributed by atoms with E-state index in [-0.39, 0.29) is 5.56 Å². The van der Waals surface area contributed by atoms with Crippen LogP contribution in [0.2, 0.25) is 5.02 Å². The summed E-state index contributed by atoms with van der Waals surface area (Å²) in [5.41, 5.74) is 2.20. The van der Waals surface area contributed by atoms with Crippen molar-refractivity contribution in [2.45, 2.75) is 10.9 Å². The number of thiazole rings is 1. The summed E-state index contributed by atoms with van der Waals surface area (Å²) >= 11 is 9.06. The summed E-state index contributed by atoms with van der Waals surface area (Å²) in [7, 11) is 0. The number of hydrogen-bond acceptors (Lipinski definition) is 6. The minimum absolute atomic E-state index is 0.152. The van der Waals surface area contributed by atoms with Crippen molar-refractivity contribution >= 4 is 55.5 Å². The second-order valence-electron chi connectivity index (χ2n) is 5.62. The van der Waals surface area contributed by atoms with Crippen molar-refractivity contribution in [3.8, 4) is 0 Å². The number of thioether (sulfide) groups is 1. The van der Waals surface area contributed by atoms with Gasteiger partial charge in [0.15, 0.2) is 5.16 Å². The Kier molecular flexibility index (Phi) is 3.70. The third-order valence-electron chi connectivity index (χ3n) is 3.94. The van der Waals surface area contributed by atoms with Gasteiger partial charge < -0.3 is 0 Å². The average molecular weight is 400 g/mol. The highest BCUT2D eigenvalue weighted by molar-refractivity contribution is 7.98. The summed E-state index contributed by atoms with van der Waals surface area (Å²) in [5.74, 6) is 0.527. The van der Waals surface area contributed by atoms with Crippen LogP contribution in [0.3, 0.4) is 0 Å². The van der Waals surface area contributed by atoms with E-state index >= 15 is 0 Å². The van der Waals surface area contributed by atoms with Crippen molar-refractivity contribution in [1.82, 2.24) is 24.0 Å². The van der Waals surface area contributed by atoms with E-state index in [0.717, 1.165) is 15.6 Å². The van der Waals surface area contributed by atoms with Crippen LogP contribution in [0.25, 0.3) is 20.8 Å². The van der Waals surface area contributed by atoms with Crippen molar-refractivity contribution in [2.24, 2.45) is 0 Å². The molecular weight excluding hydrogens is 390 g/mol. The highest BCUT2D eigenvalue weighted by atomic mass is 35.5. The molecule has 4 heterocycles. The Bertz CT molecular complexity index is 1340. The molecule has 0 saturated carbocycles. The zero-order chi connectivity index (χ0) is 17.7. The van der Waals surface area contributed by atoms with Crippen LogP contribution >= 0.6 is 34.7 Å². The van der Waals surface area contributed by atoms with Gasteiger partial charge in [-0.2, -0.15) is 0 Å². The van der Waals surface area contributed by atoms with Crippen LogP contribution in [0.5, 0.6) is 0 Å². The third kappa shape index (κ3) is 2.57. The number of para-hydroxylation sites is 1. The van der Waals surface area contributed by atoms with Crippen molar-refractivity contribution < 1.29 is 0 Å².